The summed E-state index contributed by atoms with van der Waals surface area (Å²) in [5.41, 5.74) is 0.973. The van der Waals surface area contributed by atoms with Crippen molar-refractivity contribution >= 4 is 21.6 Å². The number of amides is 1. The molecule has 6 nitrogen and oxygen atoms in total. The highest BCUT2D eigenvalue weighted by Gasteiger charge is 2.21. The van der Waals surface area contributed by atoms with E-state index in [1.165, 1.54) is 30.6 Å². The highest BCUT2D eigenvalue weighted by atomic mass is 32.2. The summed E-state index contributed by atoms with van der Waals surface area (Å²) in [5.74, 6) is 0.424. The molecule has 0 aliphatic carbocycles. The van der Waals surface area contributed by atoms with Crippen molar-refractivity contribution in [1.29, 1.82) is 0 Å². The van der Waals surface area contributed by atoms with Gasteiger partial charge < -0.3 is 10.1 Å². The van der Waals surface area contributed by atoms with Gasteiger partial charge in [-0.3, -0.25) is 9.10 Å². The van der Waals surface area contributed by atoms with Gasteiger partial charge in [-0.15, -0.1) is 0 Å². The van der Waals surface area contributed by atoms with Gasteiger partial charge in [-0.1, -0.05) is 13.3 Å². The number of methoxy groups -OCH3 is 1. The van der Waals surface area contributed by atoms with Crippen molar-refractivity contribution in [1.82, 2.24) is 5.32 Å². The van der Waals surface area contributed by atoms with Gasteiger partial charge in [0, 0.05) is 18.7 Å². The zero-order valence-corrected chi connectivity index (χ0v) is 16.9. The number of hydrogen-bond acceptors (Lipinski definition) is 4. The van der Waals surface area contributed by atoms with Crippen LogP contribution in [0.3, 0.4) is 0 Å². The Bertz CT molecular complexity index is 862. The highest BCUT2D eigenvalue weighted by molar-refractivity contribution is 7.92. The SMILES string of the molecule is CCC[C@@H](C)NC(=O)c1ccc(N(C)S(=O)(=O)c2ccc(OC)cc2)cc1. The molecule has 0 unspecified atom stereocenters. The molecular formula is C20H26N2O4S. The van der Waals surface area contributed by atoms with Gasteiger partial charge in [0.05, 0.1) is 17.7 Å². The summed E-state index contributed by atoms with van der Waals surface area (Å²) in [7, 11) is -0.691. The molecule has 0 aliphatic heterocycles. The summed E-state index contributed by atoms with van der Waals surface area (Å²) in [6, 6.07) is 12.8. The van der Waals surface area contributed by atoms with Gasteiger partial charge in [-0.05, 0) is 61.9 Å². The van der Waals surface area contributed by atoms with Crippen molar-refractivity contribution in [2.45, 2.75) is 37.6 Å². The van der Waals surface area contributed by atoms with Gasteiger partial charge >= 0.3 is 0 Å². The largest absolute Gasteiger partial charge is 0.497 e. The molecule has 2 rings (SSSR count). The van der Waals surface area contributed by atoms with Crippen LogP contribution < -0.4 is 14.4 Å². The summed E-state index contributed by atoms with van der Waals surface area (Å²) >= 11 is 0. The number of rotatable bonds is 8. The van der Waals surface area contributed by atoms with E-state index in [1.807, 2.05) is 6.92 Å². The maximum absolute atomic E-state index is 12.8. The Labute approximate surface area is 161 Å². The van der Waals surface area contributed by atoms with Gasteiger partial charge in [0.25, 0.3) is 15.9 Å². The van der Waals surface area contributed by atoms with Crippen LogP contribution in [-0.4, -0.2) is 34.5 Å². The van der Waals surface area contributed by atoms with E-state index >= 15 is 0 Å². The van der Waals surface area contributed by atoms with Crippen LogP contribution >= 0.6 is 0 Å². The number of carbonyl (C=O) groups excluding carboxylic acids is 1. The molecule has 0 spiro atoms. The van der Waals surface area contributed by atoms with Gasteiger partial charge in [0.15, 0.2) is 0 Å². The van der Waals surface area contributed by atoms with E-state index < -0.39 is 10.0 Å². The molecule has 7 heteroatoms. The standard InChI is InChI=1S/C20H26N2O4S/c1-5-6-15(2)21-20(23)16-7-9-17(10-8-16)22(3)27(24,25)19-13-11-18(26-4)12-14-19/h7-15H,5-6H2,1-4H3,(H,21,23)/t15-/m1/s1. The number of anilines is 1. The van der Waals surface area contributed by atoms with E-state index in [-0.39, 0.29) is 16.8 Å². The molecule has 146 valence electrons. The molecule has 1 atom stereocenters. The maximum atomic E-state index is 12.8. The second-order valence-corrected chi connectivity index (χ2v) is 8.33. The zero-order chi connectivity index (χ0) is 20.0. The molecular weight excluding hydrogens is 364 g/mol. The number of carbonyl (C=O) groups is 1. The van der Waals surface area contributed by atoms with Crippen LogP contribution in [0.2, 0.25) is 0 Å². The number of nitrogens with zero attached hydrogens (tertiary/aromatic N) is 1. The van der Waals surface area contributed by atoms with Crippen molar-refractivity contribution in [3.63, 3.8) is 0 Å². The van der Waals surface area contributed by atoms with E-state index in [1.54, 1.807) is 36.4 Å². The summed E-state index contributed by atoms with van der Waals surface area (Å²) in [6.07, 6.45) is 1.90. The van der Waals surface area contributed by atoms with E-state index in [2.05, 4.69) is 12.2 Å². The first-order valence-corrected chi connectivity index (χ1v) is 10.3. The first kappa shape index (κ1) is 20.8. The Hall–Kier alpha value is -2.54. The average Bonchev–Trinajstić information content (AvgIpc) is 2.67. The van der Waals surface area contributed by atoms with Crippen LogP contribution in [0.4, 0.5) is 5.69 Å². The Morgan fingerprint density at radius 2 is 1.70 bits per heavy atom. The van der Waals surface area contributed by atoms with Crippen LogP contribution in [0.25, 0.3) is 0 Å². The lowest BCUT2D eigenvalue weighted by Crippen LogP contribution is -2.32. The second kappa shape index (κ2) is 8.90. The molecule has 2 aromatic carbocycles. The third-order valence-electron chi connectivity index (χ3n) is 4.31. The van der Waals surface area contributed by atoms with Crippen molar-refractivity contribution in [2.75, 3.05) is 18.5 Å². The van der Waals surface area contributed by atoms with Gasteiger partial charge in [-0.2, -0.15) is 0 Å². The lowest BCUT2D eigenvalue weighted by atomic mass is 10.1. The fourth-order valence-electron chi connectivity index (χ4n) is 2.68. The van der Waals surface area contributed by atoms with Gasteiger partial charge in [-0.25, -0.2) is 8.42 Å². The third-order valence-corrected chi connectivity index (χ3v) is 6.11. The van der Waals surface area contributed by atoms with E-state index in [0.29, 0.717) is 17.0 Å². The molecule has 0 saturated heterocycles. The zero-order valence-electron chi connectivity index (χ0n) is 16.1. The van der Waals surface area contributed by atoms with Crippen LogP contribution in [0, 0.1) is 0 Å². The van der Waals surface area contributed by atoms with Crippen LogP contribution in [0.15, 0.2) is 53.4 Å². The Morgan fingerprint density at radius 1 is 1.11 bits per heavy atom. The molecule has 0 saturated carbocycles. The molecule has 1 N–H and O–H groups in total. The summed E-state index contributed by atoms with van der Waals surface area (Å²) < 4.78 is 31.8. The normalized spacial score (nSPS) is 12.3. The quantitative estimate of drug-likeness (QED) is 0.749. The summed E-state index contributed by atoms with van der Waals surface area (Å²) in [4.78, 5) is 12.4. The number of benzene rings is 2. The minimum atomic E-state index is -3.70. The number of sulfonamides is 1. The minimum Gasteiger partial charge on any atom is -0.497 e. The molecule has 0 radical (unpaired) electrons. The minimum absolute atomic E-state index is 0.0975. The van der Waals surface area contributed by atoms with Gasteiger partial charge in [0.2, 0.25) is 0 Å². The Kier molecular flexibility index (Phi) is 6.85. The Balaban J connectivity index is 2.16. The van der Waals surface area contributed by atoms with Crippen molar-refractivity contribution in [3.8, 4) is 5.75 Å². The molecule has 1 amide bonds. The lowest BCUT2D eigenvalue weighted by Gasteiger charge is -2.20. The van der Waals surface area contributed by atoms with Crippen LogP contribution in [-0.2, 0) is 10.0 Å². The number of ether oxygens (including phenoxy) is 1. The molecule has 0 aliphatic rings. The summed E-state index contributed by atoms with van der Waals surface area (Å²) in [5, 5.41) is 2.93. The first-order chi connectivity index (χ1) is 12.8. The van der Waals surface area contributed by atoms with Gasteiger partial charge in [0.1, 0.15) is 5.75 Å². The first-order valence-electron chi connectivity index (χ1n) is 8.83. The van der Waals surface area contributed by atoms with Crippen molar-refractivity contribution < 1.29 is 17.9 Å². The van der Waals surface area contributed by atoms with Crippen LogP contribution in [0.5, 0.6) is 5.75 Å². The average molecular weight is 391 g/mol. The van der Waals surface area contributed by atoms with Crippen molar-refractivity contribution in [2.24, 2.45) is 0 Å². The van der Waals surface area contributed by atoms with E-state index in [0.717, 1.165) is 12.8 Å². The van der Waals surface area contributed by atoms with E-state index in [9.17, 15) is 13.2 Å². The topological polar surface area (TPSA) is 75.7 Å². The maximum Gasteiger partial charge on any atom is 0.264 e. The van der Waals surface area contributed by atoms with Crippen LogP contribution in [0.1, 0.15) is 37.0 Å². The fraction of sp³-hybridized carbons (Fsp3) is 0.350. The smallest absolute Gasteiger partial charge is 0.264 e. The highest BCUT2D eigenvalue weighted by Crippen LogP contribution is 2.24. The van der Waals surface area contributed by atoms with Crippen molar-refractivity contribution in [3.05, 3.63) is 54.1 Å². The Morgan fingerprint density at radius 3 is 2.22 bits per heavy atom. The third kappa shape index (κ3) is 5.01. The molecule has 0 aromatic heterocycles. The fourth-order valence-corrected chi connectivity index (χ4v) is 3.88. The van der Waals surface area contributed by atoms with E-state index in [4.69, 9.17) is 4.74 Å². The molecule has 27 heavy (non-hydrogen) atoms. The molecule has 0 bridgehead atoms. The second-order valence-electron chi connectivity index (χ2n) is 6.36. The number of hydrogen-bond donors (Lipinski definition) is 1. The predicted octanol–water partition coefficient (Wildman–Crippen LogP) is 3.44. The molecule has 0 fully saturated rings. The number of nitrogens with one attached hydrogen (secondary N) is 1. The molecule has 2 aromatic rings. The monoisotopic (exact) mass is 390 g/mol. The molecule has 0 heterocycles. The predicted molar refractivity (Wildman–Crippen MR) is 107 cm³/mol. The summed E-state index contributed by atoms with van der Waals surface area (Å²) in [6.45, 7) is 4.03. The lowest BCUT2D eigenvalue weighted by molar-refractivity contribution is 0.0938.